The Morgan fingerprint density at radius 1 is 1.00 bits per heavy atom. The van der Waals surface area contributed by atoms with Crippen molar-refractivity contribution in [1.82, 2.24) is 9.88 Å². The average molecular weight is 615 g/mol. The fourth-order valence-corrected chi connectivity index (χ4v) is 5.59. The van der Waals surface area contributed by atoms with Gasteiger partial charge in [0.2, 0.25) is 5.43 Å². The summed E-state index contributed by atoms with van der Waals surface area (Å²) in [5, 5.41) is 2.92. The van der Waals surface area contributed by atoms with Crippen LogP contribution in [0.15, 0.2) is 57.9 Å². The van der Waals surface area contributed by atoms with Gasteiger partial charge in [-0.3, -0.25) is 10.1 Å². The highest BCUT2D eigenvalue weighted by atomic mass is 16.6. The zero-order valence-corrected chi connectivity index (χ0v) is 27.3. The number of nitrogens with one attached hydrogen (secondary N) is 1. The molecule has 0 aliphatic carbocycles. The van der Waals surface area contributed by atoms with Crippen LogP contribution in [0.5, 0.6) is 0 Å². The number of fused-ring (bicyclic) bond motifs is 2. The van der Waals surface area contributed by atoms with Crippen LogP contribution < -0.4 is 15.6 Å². The minimum atomic E-state index is -0.693. The van der Waals surface area contributed by atoms with E-state index >= 15 is 0 Å². The van der Waals surface area contributed by atoms with E-state index in [1.807, 2.05) is 46.8 Å². The highest BCUT2D eigenvalue weighted by Gasteiger charge is 2.31. The van der Waals surface area contributed by atoms with E-state index in [2.05, 4.69) is 27.3 Å². The average Bonchev–Trinajstić information content (AvgIpc) is 2.94. The van der Waals surface area contributed by atoms with E-state index in [4.69, 9.17) is 13.9 Å². The molecule has 0 bridgehead atoms. The zero-order valence-electron chi connectivity index (χ0n) is 27.3. The summed E-state index contributed by atoms with van der Waals surface area (Å²) in [4.78, 5) is 47.6. The molecule has 10 heteroatoms. The molecule has 3 heterocycles. The number of piperazine rings is 1. The molecule has 0 saturated carbocycles. The Balaban J connectivity index is 1.47. The standard InChI is InChI=1S/C35H42N4O6/c1-9-22-19-36-29-30(40)28-25(37-32(41)44-34(3,4)5)11-10-12-26(28)43-31(29)27(22)23-13-15-24(16-14-23)38-17-18-39(21(2)20-38)33(42)45-35(6,7)8/h10-16,19,21H,9,17-18,20H2,1-8H3,(H,37,41)/t21-/m0/s1. The quantitative estimate of drug-likeness (QED) is 0.237. The molecule has 2 amide bonds. The molecule has 1 atom stereocenters. The highest BCUT2D eigenvalue weighted by Crippen LogP contribution is 2.35. The molecule has 0 spiro atoms. The van der Waals surface area contributed by atoms with Crippen LogP contribution in [-0.2, 0) is 15.9 Å². The lowest BCUT2D eigenvalue weighted by atomic mass is 9.97. The Labute approximate surface area is 263 Å². The molecule has 238 valence electrons. The van der Waals surface area contributed by atoms with Crippen LogP contribution in [0.3, 0.4) is 0 Å². The SMILES string of the molecule is CCc1cnc2c(=O)c3c(NC(=O)OC(C)(C)C)cccc3oc2c1-c1ccc(N2CCN(C(=O)OC(C)(C)C)[C@@H](C)C2)cc1. The van der Waals surface area contributed by atoms with Gasteiger partial charge in [0.1, 0.15) is 16.8 Å². The first-order valence-electron chi connectivity index (χ1n) is 15.4. The van der Waals surface area contributed by atoms with Gasteiger partial charge in [0.25, 0.3) is 0 Å². The van der Waals surface area contributed by atoms with Gasteiger partial charge in [-0.1, -0.05) is 25.1 Å². The molecule has 1 aliphatic rings. The topological polar surface area (TPSA) is 114 Å². The van der Waals surface area contributed by atoms with Crippen molar-refractivity contribution in [1.29, 1.82) is 0 Å². The van der Waals surface area contributed by atoms with E-state index in [0.29, 0.717) is 42.9 Å². The molecule has 1 aliphatic heterocycles. The van der Waals surface area contributed by atoms with Crippen molar-refractivity contribution in [2.24, 2.45) is 0 Å². The zero-order chi connectivity index (χ0) is 32.7. The van der Waals surface area contributed by atoms with E-state index in [1.165, 1.54) is 0 Å². The summed E-state index contributed by atoms with van der Waals surface area (Å²) in [5.41, 5.74) is 3.33. The number of aromatic nitrogens is 1. The third-order valence-electron chi connectivity index (χ3n) is 7.59. The summed E-state index contributed by atoms with van der Waals surface area (Å²) in [6.45, 7) is 16.9. The van der Waals surface area contributed by atoms with Crippen LogP contribution in [0.25, 0.3) is 33.2 Å². The van der Waals surface area contributed by atoms with Gasteiger partial charge < -0.3 is 23.7 Å². The Bertz CT molecular complexity index is 1800. The largest absolute Gasteiger partial charge is 0.453 e. The van der Waals surface area contributed by atoms with Gasteiger partial charge in [0.05, 0.1) is 11.1 Å². The number of benzene rings is 2. The number of ether oxygens (including phenoxy) is 2. The summed E-state index contributed by atoms with van der Waals surface area (Å²) in [7, 11) is 0. The van der Waals surface area contributed by atoms with Gasteiger partial charge in [-0.15, -0.1) is 0 Å². The number of hydrogen-bond donors (Lipinski definition) is 1. The normalized spacial score (nSPS) is 15.8. The molecule has 45 heavy (non-hydrogen) atoms. The van der Waals surface area contributed by atoms with E-state index in [9.17, 15) is 14.4 Å². The number of anilines is 2. The van der Waals surface area contributed by atoms with Gasteiger partial charge >= 0.3 is 12.2 Å². The second-order valence-electron chi connectivity index (χ2n) is 13.4. The van der Waals surface area contributed by atoms with Crippen LogP contribution in [-0.4, -0.2) is 58.9 Å². The van der Waals surface area contributed by atoms with Crippen LogP contribution in [0.4, 0.5) is 21.0 Å². The first kappa shape index (κ1) is 31.8. The predicted octanol–water partition coefficient (Wildman–Crippen LogP) is 7.36. The van der Waals surface area contributed by atoms with Crippen molar-refractivity contribution >= 4 is 45.6 Å². The Morgan fingerprint density at radius 2 is 1.69 bits per heavy atom. The van der Waals surface area contributed by atoms with Crippen LogP contribution in [0.1, 0.15) is 61.0 Å². The second-order valence-corrected chi connectivity index (χ2v) is 13.4. The van der Waals surface area contributed by atoms with Gasteiger partial charge in [-0.2, -0.15) is 0 Å². The van der Waals surface area contributed by atoms with Crippen molar-refractivity contribution in [2.75, 3.05) is 29.9 Å². The first-order valence-corrected chi connectivity index (χ1v) is 15.4. The lowest BCUT2D eigenvalue weighted by Gasteiger charge is -2.41. The van der Waals surface area contributed by atoms with Crippen LogP contribution in [0, 0.1) is 0 Å². The summed E-state index contributed by atoms with van der Waals surface area (Å²) in [5.74, 6) is 0. The summed E-state index contributed by atoms with van der Waals surface area (Å²) >= 11 is 0. The molecule has 5 rings (SSSR count). The van der Waals surface area contributed by atoms with Gasteiger partial charge in [-0.05, 0) is 90.3 Å². The third kappa shape index (κ3) is 6.90. The molecule has 1 saturated heterocycles. The smallest absolute Gasteiger partial charge is 0.412 e. The molecule has 2 aromatic heterocycles. The van der Waals surface area contributed by atoms with E-state index < -0.39 is 17.3 Å². The van der Waals surface area contributed by atoms with E-state index in [-0.39, 0.29) is 28.5 Å². The molecule has 10 nitrogen and oxygen atoms in total. The van der Waals surface area contributed by atoms with Crippen LogP contribution >= 0.6 is 0 Å². The first-order chi connectivity index (χ1) is 21.1. The summed E-state index contributed by atoms with van der Waals surface area (Å²) < 4.78 is 17.4. The van der Waals surface area contributed by atoms with Gasteiger partial charge in [-0.25, -0.2) is 14.6 Å². The Morgan fingerprint density at radius 3 is 2.31 bits per heavy atom. The summed E-state index contributed by atoms with van der Waals surface area (Å²) in [6, 6.07) is 13.2. The molecule has 2 aromatic carbocycles. The van der Waals surface area contributed by atoms with Gasteiger partial charge in [0, 0.05) is 43.1 Å². The maximum atomic E-state index is 13.8. The minimum Gasteiger partial charge on any atom is -0.453 e. The lowest BCUT2D eigenvalue weighted by Crippen LogP contribution is -2.55. The third-order valence-corrected chi connectivity index (χ3v) is 7.59. The number of carbonyl (C=O) groups is 2. The van der Waals surface area contributed by atoms with Crippen molar-refractivity contribution in [2.45, 2.75) is 79.1 Å². The van der Waals surface area contributed by atoms with E-state index in [0.717, 1.165) is 22.4 Å². The van der Waals surface area contributed by atoms with Crippen molar-refractivity contribution in [3.63, 3.8) is 0 Å². The van der Waals surface area contributed by atoms with E-state index in [1.54, 1.807) is 50.1 Å². The van der Waals surface area contributed by atoms with Crippen LogP contribution in [0.2, 0.25) is 0 Å². The second kappa shape index (κ2) is 12.1. The number of nitrogens with zero attached hydrogens (tertiary/aromatic N) is 3. The fraction of sp³-hybridized carbons (Fsp3) is 0.429. The monoisotopic (exact) mass is 614 g/mol. The molecule has 0 radical (unpaired) electrons. The molecule has 0 unspecified atom stereocenters. The number of hydrogen-bond acceptors (Lipinski definition) is 8. The predicted molar refractivity (Wildman–Crippen MR) is 177 cm³/mol. The number of aryl methyl sites for hydroxylation is 1. The lowest BCUT2D eigenvalue weighted by molar-refractivity contribution is 0.0158. The minimum absolute atomic E-state index is 0.0126. The fourth-order valence-electron chi connectivity index (χ4n) is 5.59. The molecule has 4 aromatic rings. The van der Waals surface area contributed by atoms with Crippen molar-refractivity contribution < 1.29 is 23.5 Å². The Kier molecular flexibility index (Phi) is 8.53. The van der Waals surface area contributed by atoms with Crippen molar-refractivity contribution in [3.05, 3.63) is 64.4 Å². The Hall–Kier alpha value is -4.60. The van der Waals surface area contributed by atoms with Crippen molar-refractivity contribution in [3.8, 4) is 11.1 Å². The number of carbonyl (C=O) groups excluding carboxylic acids is 2. The highest BCUT2D eigenvalue weighted by molar-refractivity contribution is 6.03. The maximum Gasteiger partial charge on any atom is 0.412 e. The molecular formula is C35H42N4O6. The summed E-state index contributed by atoms with van der Waals surface area (Å²) in [6.07, 6.45) is 1.45. The molecule has 1 N–H and O–H groups in total. The molecule has 1 fully saturated rings. The maximum absolute atomic E-state index is 13.8. The number of amides is 2. The number of pyridine rings is 1. The molecular weight excluding hydrogens is 572 g/mol. The number of rotatable bonds is 4. The van der Waals surface area contributed by atoms with Gasteiger partial charge in [0.15, 0.2) is 11.1 Å².